The molecule has 2 amide bonds. The molecule has 0 aliphatic heterocycles. The van der Waals surface area contributed by atoms with E-state index >= 15 is 0 Å². The van der Waals surface area contributed by atoms with E-state index in [1.165, 1.54) is 17.0 Å². The second kappa shape index (κ2) is 10.6. The molecule has 0 saturated carbocycles. The summed E-state index contributed by atoms with van der Waals surface area (Å²) in [6.45, 7) is 7.56. The van der Waals surface area contributed by atoms with Crippen molar-refractivity contribution in [3.8, 4) is 5.75 Å². The molecule has 1 atom stereocenters. The number of nitrogens with one attached hydrogen (secondary N) is 1. The van der Waals surface area contributed by atoms with Crippen molar-refractivity contribution in [3.63, 3.8) is 0 Å². The van der Waals surface area contributed by atoms with Gasteiger partial charge in [0, 0.05) is 12.6 Å². The molecule has 2 aromatic carbocycles. The molecule has 5 nitrogen and oxygen atoms in total. The van der Waals surface area contributed by atoms with Crippen LogP contribution in [0.4, 0.5) is 4.39 Å². The fourth-order valence-corrected chi connectivity index (χ4v) is 3.02. The topological polar surface area (TPSA) is 58.6 Å². The van der Waals surface area contributed by atoms with Crippen molar-refractivity contribution in [2.75, 3.05) is 6.61 Å². The highest BCUT2D eigenvalue weighted by molar-refractivity contribution is 5.88. The van der Waals surface area contributed by atoms with Crippen LogP contribution in [0, 0.1) is 12.7 Å². The van der Waals surface area contributed by atoms with Crippen molar-refractivity contribution in [1.29, 1.82) is 0 Å². The second-order valence-electron chi connectivity index (χ2n) is 7.34. The summed E-state index contributed by atoms with van der Waals surface area (Å²) in [6, 6.07) is 12.7. The monoisotopic (exact) mass is 400 g/mol. The van der Waals surface area contributed by atoms with E-state index in [0.29, 0.717) is 12.2 Å². The van der Waals surface area contributed by atoms with Crippen molar-refractivity contribution < 1.29 is 18.7 Å². The maximum atomic E-state index is 13.3. The largest absolute Gasteiger partial charge is 0.484 e. The number of carbonyl (C=O) groups excluding carboxylic acids is 2. The first-order valence-corrected chi connectivity index (χ1v) is 9.84. The van der Waals surface area contributed by atoms with E-state index in [1.54, 1.807) is 18.2 Å². The summed E-state index contributed by atoms with van der Waals surface area (Å²) in [6.07, 6.45) is 0.454. The SMILES string of the molecule is CC[C@@H](C(=O)NC(C)C)N(Cc1ccc(F)cc1)C(=O)COc1cccc(C)c1. The molecule has 0 aromatic heterocycles. The zero-order valence-corrected chi connectivity index (χ0v) is 17.4. The zero-order valence-electron chi connectivity index (χ0n) is 17.4. The molecule has 0 aliphatic rings. The van der Waals surface area contributed by atoms with Gasteiger partial charge in [-0.05, 0) is 62.6 Å². The summed E-state index contributed by atoms with van der Waals surface area (Å²) in [7, 11) is 0. The molecular formula is C23H29FN2O3. The Morgan fingerprint density at radius 2 is 1.83 bits per heavy atom. The molecule has 0 fully saturated rings. The number of halogens is 1. The summed E-state index contributed by atoms with van der Waals surface area (Å²) >= 11 is 0. The maximum Gasteiger partial charge on any atom is 0.261 e. The predicted octanol–water partition coefficient (Wildman–Crippen LogP) is 3.84. The summed E-state index contributed by atoms with van der Waals surface area (Å²) in [5.41, 5.74) is 1.77. The van der Waals surface area contributed by atoms with Crippen LogP contribution in [0.3, 0.4) is 0 Å². The number of hydrogen-bond acceptors (Lipinski definition) is 3. The van der Waals surface area contributed by atoms with Crippen LogP contribution in [0.1, 0.15) is 38.3 Å². The Hall–Kier alpha value is -2.89. The second-order valence-corrected chi connectivity index (χ2v) is 7.34. The van der Waals surface area contributed by atoms with E-state index in [1.807, 2.05) is 45.9 Å². The molecule has 2 rings (SSSR count). The maximum absolute atomic E-state index is 13.3. The molecular weight excluding hydrogens is 371 g/mol. The minimum absolute atomic E-state index is 0.0390. The fourth-order valence-electron chi connectivity index (χ4n) is 3.02. The van der Waals surface area contributed by atoms with E-state index in [0.717, 1.165) is 11.1 Å². The quantitative estimate of drug-likeness (QED) is 0.696. The number of nitrogens with zero attached hydrogens (tertiary/aromatic N) is 1. The molecule has 1 N–H and O–H groups in total. The van der Waals surface area contributed by atoms with E-state index in [4.69, 9.17) is 4.74 Å². The van der Waals surface area contributed by atoms with Crippen LogP contribution in [0.25, 0.3) is 0 Å². The number of amides is 2. The Morgan fingerprint density at radius 3 is 2.41 bits per heavy atom. The van der Waals surface area contributed by atoms with E-state index < -0.39 is 6.04 Å². The van der Waals surface area contributed by atoms with Crippen LogP contribution >= 0.6 is 0 Å². The number of rotatable bonds is 9. The number of carbonyl (C=O) groups is 2. The highest BCUT2D eigenvalue weighted by Gasteiger charge is 2.29. The molecule has 2 aromatic rings. The normalized spacial score (nSPS) is 11.8. The van der Waals surface area contributed by atoms with E-state index in [9.17, 15) is 14.0 Å². The minimum atomic E-state index is -0.643. The van der Waals surface area contributed by atoms with Crippen LogP contribution in [-0.4, -0.2) is 35.4 Å². The van der Waals surface area contributed by atoms with Gasteiger partial charge < -0.3 is 15.0 Å². The molecule has 0 heterocycles. The first kappa shape index (κ1) is 22.4. The molecule has 0 saturated heterocycles. The Balaban J connectivity index is 2.20. The van der Waals surface area contributed by atoms with Gasteiger partial charge in [-0.3, -0.25) is 9.59 Å². The fraction of sp³-hybridized carbons (Fsp3) is 0.391. The minimum Gasteiger partial charge on any atom is -0.484 e. The van der Waals surface area contributed by atoms with Crippen LogP contribution < -0.4 is 10.1 Å². The van der Waals surface area contributed by atoms with Gasteiger partial charge in [0.25, 0.3) is 5.91 Å². The lowest BCUT2D eigenvalue weighted by atomic mass is 10.1. The average molecular weight is 400 g/mol. The standard InChI is InChI=1S/C23H29FN2O3/c1-5-21(23(28)25-16(2)3)26(14-18-9-11-19(24)12-10-18)22(27)15-29-20-8-6-7-17(4)13-20/h6-13,16,21H,5,14-15H2,1-4H3,(H,25,28)/t21-/m0/s1. The van der Waals surface area contributed by atoms with Gasteiger partial charge in [-0.1, -0.05) is 31.2 Å². The van der Waals surface area contributed by atoms with Crippen molar-refractivity contribution in [1.82, 2.24) is 10.2 Å². The van der Waals surface area contributed by atoms with Gasteiger partial charge in [0.15, 0.2) is 6.61 Å². The smallest absolute Gasteiger partial charge is 0.261 e. The van der Waals surface area contributed by atoms with Gasteiger partial charge in [0.05, 0.1) is 0 Å². The van der Waals surface area contributed by atoms with Crippen LogP contribution in [0.5, 0.6) is 5.75 Å². The molecule has 0 unspecified atom stereocenters. The van der Waals surface area contributed by atoms with Gasteiger partial charge >= 0.3 is 0 Å². The Bertz CT molecular complexity index is 821. The predicted molar refractivity (Wildman–Crippen MR) is 111 cm³/mol. The number of benzene rings is 2. The molecule has 0 spiro atoms. The molecule has 0 bridgehead atoms. The Morgan fingerprint density at radius 1 is 1.14 bits per heavy atom. The van der Waals surface area contributed by atoms with Gasteiger partial charge in [-0.15, -0.1) is 0 Å². The molecule has 6 heteroatoms. The van der Waals surface area contributed by atoms with Gasteiger partial charge in [0.2, 0.25) is 5.91 Å². The highest BCUT2D eigenvalue weighted by atomic mass is 19.1. The summed E-state index contributed by atoms with van der Waals surface area (Å²) in [5.74, 6) is -0.270. The Labute approximate surface area is 171 Å². The molecule has 29 heavy (non-hydrogen) atoms. The lowest BCUT2D eigenvalue weighted by molar-refractivity contribution is -0.143. The third-order valence-corrected chi connectivity index (χ3v) is 4.43. The van der Waals surface area contributed by atoms with Crippen LogP contribution in [0.15, 0.2) is 48.5 Å². The highest BCUT2D eigenvalue weighted by Crippen LogP contribution is 2.16. The Kier molecular flexibility index (Phi) is 8.19. The first-order valence-electron chi connectivity index (χ1n) is 9.84. The van der Waals surface area contributed by atoms with Crippen molar-refractivity contribution >= 4 is 11.8 Å². The third-order valence-electron chi connectivity index (χ3n) is 4.43. The number of ether oxygens (including phenoxy) is 1. The number of hydrogen-bond donors (Lipinski definition) is 1. The summed E-state index contributed by atoms with van der Waals surface area (Å²) in [5, 5.41) is 2.87. The molecule has 0 aliphatic carbocycles. The van der Waals surface area contributed by atoms with Gasteiger partial charge in [0.1, 0.15) is 17.6 Å². The first-order chi connectivity index (χ1) is 13.8. The van der Waals surface area contributed by atoms with Gasteiger partial charge in [-0.25, -0.2) is 4.39 Å². The van der Waals surface area contributed by atoms with Gasteiger partial charge in [-0.2, -0.15) is 0 Å². The number of aryl methyl sites for hydroxylation is 1. The van der Waals surface area contributed by atoms with Crippen molar-refractivity contribution in [2.24, 2.45) is 0 Å². The van der Waals surface area contributed by atoms with E-state index in [2.05, 4.69) is 5.32 Å². The van der Waals surface area contributed by atoms with Crippen LogP contribution in [0.2, 0.25) is 0 Å². The summed E-state index contributed by atoms with van der Waals surface area (Å²) < 4.78 is 18.9. The average Bonchev–Trinajstić information content (AvgIpc) is 2.67. The lowest BCUT2D eigenvalue weighted by Gasteiger charge is -2.31. The van der Waals surface area contributed by atoms with Crippen molar-refractivity contribution in [2.45, 2.75) is 52.7 Å². The van der Waals surface area contributed by atoms with Crippen LogP contribution in [-0.2, 0) is 16.1 Å². The zero-order chi connectivity index (χ0) is 21.4. The molecule has 0 radical (unpaired) electrons. The summed E-state index contributed by atoms with van der Waals surface area (Å²) in [4.78, 5) is 27.2. The molecule has 156 valence electrons. The third kappa shape index (κ3) is 6.89. The lowest BCUT2D eigenvalue weighted by Crippen LogP contribution is -2.51. The van der Waals surface area contributed by atoms with E-state index in [-0.39, 0.29) is 36.8 Å². The van der Waals surface area contributed by atoms with Crippen molar-refractivity contribution in [3.05, 3.63) is 65.5 Å².